The first-order chi connectivity index (χ1) is 9.85. The lowest BCUT2D eigenvalue weighted by Gasteiger charge is -2.18. The van der Waals surface area contributed by atoms with Crippen LogP contribution in [0, 0.1) is 13.8 Å². The van der Waals surface area contributed by atoms with Crippen molar-refractivity contribution in [1.29, 1.82) is 0 Å². The van der Waals surface area contributed by atoms with Crippen molar-refractivity contribution in [3.63, 3.8) is 0 Å². The summed E-state index contributed by atoms with van der Waals surface area (Å²) < 4.78 is 27.4. The zero-order valence-electron chi connectivity index (χ0n) is 13.3. The fourth-order valence-corrected chi connectivity index (χ4v) is 3.59. The first-order valence-electron chi connectivity index (χ1n) is 7.28. The van der Waals surface area contributed by atoms with E-state index in [9.17, 15) is 13.5 Å². The van der Waals surface area contributed by atoms with Crippen LogP contribution in [0.25, 0.3) is 0 Å². The molecule has 21 heavy (non-hydrogen) atoms. The van der Waals surface area contributed by atoms with Gasteiger partial charge in [0.05, 0.1) is 11.5 Å². The second kappa shape index (κ2) is 7.89. The quantitative estimate of drug-likeness (QED) is 0.761. The van der Waals surface area contributed by atoms with Crippen LogP contribution in [0.5, 0.6) is 0 Å². The summed E-state index contributed by atoms with van der Waals surface area (Å²) in [6.07, 6.45) is 0. The van der Waals surface area contributed by atoms with Crippen LogP contribution in [0.15, 0.2) is 17.0 Å². The van der Waals surface area contributed by atoms with Crippen LogP contribution in [0.4, 0.5) is 0 Å². The van der Waals surface area contributed by atoms with Gasteiger partial charge in [-0.15, -0.1) is 0 Å². The molecule has 0 bridgehead atoms. The van der Waals surface area contributed by atoms with E-state index in [0.29, 0.717) is 24.2 Å². The largest absolute Gasteiger partial charge is 0.392 e. The first kappa shape index (κ1) is 18.1. The van der Waals surface area contributed by atoms with Crippen molar-refractivity contribution >= 4 is 10.0 Å². The zero-order chi connectivity index (χ0) is 16.0. The van der Waals surface area contributed by atoms with E-state index in [1.165, 1.54) is 0 Å². The Morgan fingerprint density at radius 1 is 1.14 bits per heavy atom. The number of nitrogens with zero attached hydrogens (tertiary/aromatic N) is 1. The van der Waals surface area contributed by atoms with Crippen molar-refractivity contribution in [2.45, 2.75) is 39.2 Å². The Hall–Kier alpha value is -0.950. The molecule has 1 rings (SSSR count). The van der Waals surface area contributed by atoms with Gasteiger partial charge in [-0.05, 0) is 49.7 Å². The molecular weight excluding hydrogens is 288 g/mol. The van der Waals surface area contributed by atoms with Crippen LogP contribution in [-0.2, 0) is 16.6 Å². The Bertz CT molecular complexity index is 567. The van der Waals surface area contributed by atoms with Gasteiger partial charge >= 0.3 is 0 Å². The van der Waals surface area contributed by atoms with E-state index in [-0.39, 0.29) is 11.5 Å². The van der Waals surface area contributed by atoms with Crippen molar-refractivity contribution in [2.75, 3.05) is 26.2 Å². The van der Waals surface area contributed by atoms with Gasteiger partial charge in [-0.25, -0.2) is 13.1 Å². The van der Waals surface area contributed by atoms with E-state index >= 15 is 0 Å². The average molecular weight is 314 g/mol. The van der Waals surface area contributed by atoms with E-state index < -0.39 is 10.0 Å². The number of hydrogen-bond donors (Lipinski definition) is 2. The third kappa shape index (κ3) is 4.78. The molecule has 1 aromatic rings. The van der Waals surface area contributed by atoms with Gasteiger partial charge in [-0.3, -0.25) is 0 Å². The smallest absolute Gasteiger partial charge is 0.240 e. The molecule has 6 heteroatoms. The molecule has 0 aliphatic heterocycles. The standard InChI is InChI=1S/C15H26N2O3S/c1-5-17(6-2)8-7-16-21(19,20)15-10-14(11-18)12(3)9-13(15)4/h9-10,16,18H,5-8,11H2,1-4H3. The van der Waals surface area contributed by atoms with Crippen molar-refractivity contribution in [3.05, 3.63) is 28.8 Å². The maximum Gasteiger partial charge on any atom is 0.240 e. The first-order valence-corrected chi connectivity index (χ1v) is 8.77. The molecule has 0 unspecified atom stereocenters. The average Bonchev–Trinajstić information content (AvgIpc) is 2.43. The predicted molar refractivity (Wildman–Crippen MR) is 84.8 cm³/mol. The van der Waals surface area contributed by atoms with Crippen LogP contribution >= 0.6 is 0 Å². The Morgan fingerprint density at radius 3 is 2.29 bits per heavy atom. The molecule has 0 radical (unpaired) electrons. The lowest BCUT2D eigenvalue weighted by molar-refractivity contribution is 0.280. The monoisotopic (exact) mass is 314 g/mol. The van der Waals surface area contributed by atoms with E-state index in [1.807, 2.05) is 6.92 Å². The summed E-state index contributed by atoms with van der Waals surface area (Å²) in [5.41, 5.74) is 2.24. The lowest BCUT2D eigenvalue weighted by Crippen LogP contribution is -2.35. The summed E-state index contributed by atoms with van der Waals surface area (Å²) in [5, 5.41) is 9.29. The molecule has 120 valence electrons. The molecule has 0 spiro atoms. The highest BCUT2D eigenvalue weighted by Gasteiger charge is 2.18. The van der Waals surface area contributed by atoms with Gasteiger partial charge < -0.3 is 10.0 Å². The molecular formula is C15H26N2O3S. The Kier molecular flexibility index (Phi) is 6.80. The number of rotatable bonds is 8. The van der Waals surface area contributed by atoms with Crippen LogP contribution in [0.3, 0.4) is 0 Å². The van der Waals surface area contributed by atoms with Crippen LogP contribution in [0.2, 0.25) is 0 Å². The number of aryl methyl sites for hydroxylation is 2. The SMILES string of the molecule is CCN(CC)CCNS(=O)(=O)c1cc(CO)c(C)cc1C. The lowest BCUT2D eigenvalue weighted by atomic mass is 10.1. The summed E-state index contributed by atoms with van der Waals surface area (Å²) in [7, 11) is -3.54. The van der Waals surface area contributed by atoms with Gasteiger partial charge in [0.1, 0.15) is 0 Å². The molecule has 2 N–H and O–H groups in total. The molecule has 0 saturated carbocycles. The highest BCUT2D eigenvalue weighted by atomic mass is 32.2. The van der Waals surface area contributed by atoms with E-state index in [0.717, 1.165) is 18.7 Å². The van der Waals surface area contributed by atoms with Crippen LogP contribution < -0.4 is 4.72 Å². The van der Waals surface area contributed by atoms with Crippen molar-refractivity contribution < 1.29 is 13.5 Å². The third-order valence-electron chi connectivity index (χ3n) is 3.71. The summed E-state index contributed by atoms with van der Waals surface area (Å²) in [4.78, 5) is 2.40. The number of likely N-dealkylation sites (N-methyl/N-ethyl adjacent to an activating group) is 1. The Labute approximate surface area is 128 Å². The summed E-state index contributed by atoms with van der Waals surface area (Å²) >= 11 is 0. The Morgan fingerprint density at radius 2 is 1.76 bits per heavy atom. The van der Waals surface area contributed by atoms with Crippen molar-refractivity contribution in [2.24, 2.45) is 0 Å². The second-order valence-corrected chi connectivity index (χ2v) is 6.86. The molecule has 1 aromatic carbocycles. The fourth-order valence-electron chi connectivity index (χ4n) is 2.29. The van der Waals surface area contributed by atoms with Crippen LogP contribution in [0.1, 0.15) is 30.5 Å². The number of aliphatic hydroxyl groups excluding tert-OH is 1. The van der Waals surface area contributed by atoms with Gasteiger partial charge in [0.25, 0.3) is 0 Å². The minimum Gasteiger partial charge on any atom is -0.392 e. The highest BCUT2D eigenvalue weighted by Crippen LogP contribution is 2.20. The number of sulfonamides is 1. The molecule has 5 nitrogen and oxygen atoms in total. The number of aliphatic hydroxyl groups is 1. The zero-order valence-corrected chi connectivity index (χ0v) is 14.1. The molecule has 0 aliphatic rings. The molecule has 0 aromatic heterocycles. The minimum absolute atomic E-state index is 0.159. The third-order valence-corrected chi connectivity index (χ3v) is 5.31. The molecule has 0 fully saturated rings. The molecule has 0 atom stereocenters. The normalized spacial score (nSPS) is 12.1. The van der Waals surface area contributed by atoms with E-state index in [1.54, 1.807) is 19.1 Å². The van der Waals surface area contributed by atoms with E-state index in [2.05, 4.69) is 23.5 Å². The van der Waals surface area contributed by atoms with Crippen LogP contribution in [-0.4, -0.2) is 44.6 Å². The van der Waals surface area contributed by atoms with Gasteiger partial charge in [-0.2, -0.15) is 0 Å². The topological polar surface area (TPSA) is 69.6 Å². The summed E-state index contributed by atoms with van der Waals surface area (Å²) in [5.74, 6) is 0. The Balaban J connectivity index is 2.88. The van der Waals surface area contributed by atoms with E-state index in [4.69, 9.17) is 0 Å². The maximum atomic E-state index is 12.4. The van der Waals surface area contributed by atoms with Crippen molar-refractivity contribution in [3.8, 4) is 0 Å². The van der Waals surface area contributed by atoms with Gasteiger partial charge in [0, 0.05) is 13.1 Å². The molecule has 0 saturated heterocycles. The summed E-state index contributed by atoms with van der Waals surface area (Å²) in [6.45, 7) is 10.4. The molecule has 0 amide bonds. The van der Waals surface area contributed by atoms with Gasteiger partial charge in [0.2, 0.25) is 10.0 Å². The number of benzene rings is 1. The number of nitrogens with one attached hydrogen (secondary N) is 1. The second-order valence-electron chi connectivity index (χ2n) is 5.13. The predicted octanol–water partition coefficient (Wildman–Crippen LogP) is 1.42. The fraction of sp³-hybridized carbons (Fsp3) is 0.600. The number of hydrogen-bond acceptors (Lipinski definition) is 4. The van der Waals surface area contributed by atoms with Gasteiger partial charge in [0.15, 0.2) is 0 Å². The highest BCUT2D eigenvalue weighted by molar-refractivity contribution is 7.89. The van der Waals surface area contributed by atoms with Gasteiger partial charge in [-0.1, -0.05) is 19.9 Å². The van der Waals surface area contributed by atoms with Crippen molar-refractivity contribution in [1.82, 2.24) is 9.62 Å². The maximum absolute atomic E-state index is 12.4. The summed E-state index contributed by atoms with van der Waals surface area (Å²) in [6, 6.07) is 3.36. The minimum atomic E-state index is -3.54. The molecule has 0 heterocycles. The molecule has 0 aliphatic carbocycles.